The van der Waals surface area contributed by atoms with E-state index in [0.29, 0.717) is 5.92 Å². The van der Waals surface area contributed by atoms with Crippen molar-refractivity contribution in [3.8, 4) is 0 Å². The molecule has 1 heterocycles. The molecule has 2 rings (SSSR count). The second kappa shape index (κ2) is 5.13. The third kappa shape index (κ3) is 2.71. The quantitative estimate of drug-likeness (QED) is 0.724. The van der Waals surface area contributed by atoms with Gasteiger partial charge in [0, 0.05) is 0 Å². The van der Waals surface area contributed by atoms with Crippen LogP contribution < -0.4 is 5.32 Å². The molecular formula is C12H23NO. The van der Waals surface area contributed by atoms with E-state index in [1.165, 1.54) is 38.5 Å². The molecule has 0 aromatic carbocycles. The summed E-state index contributed by atoms with van der Waals surface area (Å²) in [7, 11) is 0. The summed E-state index contributed by atoms with van der Waals surface area (Å²) >= 11 is 0. The van der Waals surface area contributed by atoms with Crippen LogP contribution in [0.2, 0.25) is 0 Å². The lowest BCUT2D eigenvalue weighted by Gasteiger charge is -2.30. The Morgan fingerprint density at radius 3 is 2.64 bits per heavy atom. The Balaban J connectivity index is 1.73. The van der Waals surface area contributed by atoms with Crippen molar-refractivity contribution in [1.29, 1.82) is 0 Å². The van der Waals surface area contributed by atoms with Crippen molar-refractivity contribution >= 4 is 0 Å². The monoisotopic (exact) mass is 197 g/mol. The number of aliphatic hydroxyl groups is 1. The summed E-state index contributed by atoms with van der Waals surface area (Å²) in [5.41, 5.74) is 0. The van der Waals surface area contributed by atoms with Gasteiger partial charge >= 0.3 is 0 Å². The van der Waals surface area contributed by atoms with E-state index in [2.05, 4.69) is 5.32 Å². The van der Waals surface area contributed by atoms with Crippen molar-refractivity contribution in [2.24, 2.45) is 11.8 Å². The fourth-order valence-electron chi connectivity index (χ4n) is 2.69. The van der Waals surface area contributed by atoms with Crippen molar-refractivity contribution in [1.82, 2.24) is 5.32 Å². The van der Waals surface area contributed by atoms with Crippen molar-refractivity contribution < 1.29 is 5.11 Å². The van der Waals surface area contributed by atoms with Gasteiger partial charge in [-0.05, 0) is 50.6 Å². The molecule has 2 aliphatic rings. The highest BCUT2D eigenvalue weighted by molar-refractivity contribution is 4.79. The summed E-state index contributed by atoms with van der Waals surface area (Å²) in [6.45, 7) is 2.25. The van der Waals surface area contributed by atoms with Gasteiger partial charge in [0.2, 0.25) is 0 Å². The number of rotatable bonds is 3. The Morgan fingerprint density at radius 1 is 1.07 bits per heavy atom. The third-order valence-electron chi connectivity index (χ3n) is 3.96. The molecule has 0 aromatic rings. The van der Waals surface area contributed by atoms with Gasteiger partial charge in [0.1, 0.15) is 0 Å². The van der Waals surface area contributed by atoms with Gasteiger partial charge in [-0.25, -0.2) is 0 Å². The molecule has 0 radical (unpaired) electrons. The lowest BCUT2D eigenvalue weighted by molar-refractivity contribution is 0.0602. The maximum atomic E-state index is 10.1. The topological polar surface area (TPSA) is 32.3 Å². The molecule has 1 saturated heterocycles. The van der Waals surface area contributed by atoms with Crippen LogP contribution in [0.3, 0.4) is 0 Å². The minimum absolute atomic E-state index is 0.0137. The molecule has 0 amide bonds. The van der Waals surface area contributed by atoms with Crippen LogP contribution >= 0.6 is 0 Å². The highest BCUT2D eigenvalue weighted by Crippen LogP contribution is 2.33. The summed E-state index contributed by atoms with van der Waals surface area (Å²) in [4.78, 5) is 0. The third-order valence-corrected chi connectivity index (χ3v) is 3.96. The minimum Gasteiger partial charge on any atom is -0.393 e. The second-order valence-electron chi connectivity index (χ2n) is 5.04. The molecule has 0 bridgehead atoms. The predicted octanol–water partition coefficient (Wildman–Crippen LogP) is 1.93. The van der Waals surface area contributed by atoms with Crippen LogP contribution in [0.5, 0.6) is 0 Å². The maximum absolute atomic E-state index is 10.1. The van der Waals surface area contributed by atoms with E-state index in [1.807, 2.05) is 0 Å². The van der Waals surface area contributed by atoms with Gasteiger partial charge in [-0.2, -0.15) is 0 Å². The molecule has 2 atom stereocenters. The van der Waals surface area contributed by atoms with Crippen LogP contribution in [0.25, 0.3) is 0 Å². The van der Waals surface area contributed by atoms with Crippen LogP contribution in [0.4, 0.5) is 0 Å². The van der Waals surface area contributed by atoms with E-state index in [1.54, 1.807) is 0 Å². The predicted molar refractivity (Wildman–Crippen MR) is 58.2 cm³/mol. The number of nitrogens with one attached hydrogen (secondary N) is 1. The Labute approximate surface area is 87.1 Å². The van der Waals surface area contributed by atoms with E-state index in [-0.39, 0.29) is 6.10 Å². The lowest BCUT2D eigenvalue weighted by atomic mass is 9.78. The van der Waals surface area contributed by atoms with E-state index in [4.69, 9.17) is 0 Å². The van der Waals surface area contributed by atoms with E-state index in [9.17, 15) is 5.11 Å². The zero-order valence-electron chi connectivity index (χ0n) is 9.04. The average Bonchev–Trinajstić information content (AvgIpc) is 2.38. The summed E-state index contributed by atoms with van der Waals surface area (Å²) in [5.74, 6) is 1.42. The Kier molecular flexibility index (Phi) is 3.82. The van der Waals surface area contributed by atoms with Gasteiger partial charge < -0.3 is 10.4 Å². The van der Waals surface area contributed by atoms with E-state index >= 15 is 0 Å². The fourth-order valence-corrected chi connectivity index (χ4v) is 2.69. The molecule has 2 unspecified atom stereocenters. The summed E-state index contributed by atoms with van der Waals surface area (Å²) in [5, 5.41) is 13.5. The second-order valence-corrected chi connectivity index (χ2v) is 5.04. The Bertz CT molecular complexity index is 160. The van der Waals surface area contributed by atoms with Crippen LogP contribution in [0.1, 0.15) is 44.9 Å². The van der Waals surface area contributed by atoms with Crippen molar-refractivity contribution in [2.75, 3.05) is 13.1 Å². The highest BCUT2D eigenvalue weighted by atomic mass is 16.3. The van der Waals surface area contributed by atoms with Crippen LogP contribution in [0, 0.1) is 11.8 Å². The van der Waals surface area contributed by atoms with Gasteiger partial charge in [-0.15, -0.1) is 0 Å². The zero-order chi connectivity index (χ0) is 9.80. The number of aliphatic hydroxyl groups excluding tert-OH is 1. The summed E-state index contributed by atoms with van der Waals surface area (Å²) < 4.78 is 0. The fraction of sp³-hybridized carbons (Fsp3) is 1.00. The largest absolute Gasteiger partial charge is 0.393 e. The van der Waals surface area contributed by atoms with E-state index < -0.39 is 0 Å². The SMILES string of the molecule is OC(CC1CCC1)C1CCCNCC1. The van der Waals surface area contributed by atoms with Gasteiger partial charge in [-0.3, -0.25) is 0 Å². The minimum atomic E-state index is -0.0137. The highest BCUT2D eigenvalue weighted by Gasteiger charge is 2.26. The molecule has 2 nitrogen and oxygen atoms in total. The molecular weight excluding hydrogens is 174 g/mol. The van der Waals surface area contributed by atoms with E-state index in [0.717, 1.165) is 25.4 Å². The molecule has 2 heteroatoms. The van der Waals surface area contributed by atoms with Gasteiger partial charge in [0.05, 0.1) is 6.10 Å². The standard InChI is InChI=1S/C12H23NO/c14-12(9-10-3-1-4-10)11-5-2-7-13-8-6-11/h10-14H,1-9H2. The average molecular weight is 197 g/mol. The van der Waals surface area contributed by atoms with Crippen LogP contribution in [-0.2, 0) is 0 Å². The van der Waals surface area contributed by atoms with Crippen molar-refractivity contribution in [3.05, 3.63) is 0 Å². The van der Waals surface area contributed by atoms with Crippen molar-refractivity contribution in [2.45, 2.75) is 51.0 Å². The molecule has 1 saturated carbocycles. The molecule has 0 aromatic heterocycles. The first-order valence-corrected chi connectivity index (χ1v) is 6.25. The number of hydrogen-bond donors (Lipinski definition) is 2. The lowest BCUT2D eigenvalue weighted by Crippen LogP contribution is -2.27. The van der Waals surface area contributed by atoms with Gasteiger partial charge in [0.15, 0.2) is 0 Å². The number of hydrogen-bond acceptors (Lipinski definition) is 2. The zero-order valence-corrected chi connectivity index (χ0v) is 9.04. The molecule has 2 N–H and O–H groups in total. The van der Waals surface area contributed by atoms with Gasteiger partial charge in [-0.1, -0.05) is 19.3 Å². The first-order chi connectivity index (χ1) is 6.86. The Morgan fingerprint density at radius 2 is 1.93 bits per heavy atom. The van der Waals surface area contributed by atoms with Crippen molar-refractivity contribution in [3.63, 3.8) is 0 Å². The molecule has 82 valence electrons. The molecule has 1 aliphatic heterocycles. The maximum Gasteiger partial charge on any atom is 0.0571 e. The summed E-state index contributed by atoms with van der Waals surface area (Å²) in [6.07, 6.45) is 8.82. The Hall–Kier alpha value is -0.0800. The first-order valence-electron chi connectivity index (χ1n) is 6.25. The normalized spacial score (nSPS) is 31.9. The first kappa shape index (κ1) is 10.4. The molecule has 2 fully saturated rings. The smallest absolute Gasteiger partial charge is 0.0571 e. The van der Waals surface area contributed by atoms with Gasteiger partial charge in [0.25, 0.3) is 0 Å². The molecule has 0 spiro atoms. The van der Waals surface area contributed by atoms with Crippen LogP contribution in [0.15, 0.2) is 0 Å². The molecule has 14 heavy (non-hydrogen) atoms. The molecule has 1 aliphatic carbocycles. The summed E-state index contributed by atoms with van der Waals surface area (Å²) in [6, 6.07) is 0. The van der Waals surface area contributed by atoms with Crippen LogP contribution in [-0.4, -0.2) is 24.3 Å².